The summed E-state index contributed by atoms with van der Waals surface area (Å²) < 4.78 is 19.2. The molecule has 0 spiro atoms. The van der Waals surface area contributed by atoms with Gasteiger partial charge in [-0.3, -0.25) is 0 Å². The third kappa shape index (κ3) is 3.68. The summed E-state index contributed by atoms with van der Waals surface area (Å²) in [6, 6.07) is 5.39. The maximum atomic E-state index is 14.1. The zero-order chi connectivity index (χ0) is 13.5. The minimum atomic E-state index is -0.189. The van der Waals surface area contributed by atoms with Crippen LogP contribution in [0.2, 0.25) is 0 Å². The van der Waals surface area contributed by atoms with E-state index in [1.807, 2.05) is 24.8 Å². The van der Waals surface area contributed by atoms with Crippen LogP contribution in [0.5, 0.6) is 0 Å². The average molecular weight is 254 g/mol. The number of ether oxygens (including phenoxy) is 1. The number of benzene rings is 1. The summed E-state index contributed by atoms with van der Waals surface area (Å²) in [5, 5.41) is 0. The number of methoxy groups -OCH3 is 1. The smallest absolute Gasteiger partial charge is 0.146 e. The lowest BCUT2D eigenvalue weighted by Crippen LogP contribution is -2.35. The summed E-state index contributed by atoms with van der Waals surface area (Å²) in [6.45, 7) is 5.87. The van der Waals surface area contributed by atoms with Crippen LogP contribution in [0.15, 0.2) is 18.2 Å². The first-order valence-electron chi connectivity index (χ1n) is 6.34. The molecule has 0 radical (unpaired) electrons. The van der Waals surface area contributed by atoms with Gasteiger partial charge in [-0.2, -0.15) is 0 Å². The van der Waals surface area contributed by atoms with E-state index < -0.39 is 0 Å². The van der Waals surface area contributed by atoms with Crippen molar-refractivity contribution in [2.24, 2.45) is 5.73 Å². The Bertz CT molecular complexity index is 369. The van der Waals surface area contributed by atoms with E-state index in [1.165, 1.54) is 6.07 Å². The van der Waals surface area contributed by atoms with Gasteiger partial charge in [0.05, 0.1) is 12.3 Å². The number of para-hydroxylation sites is 1. The van der Waals surface area contributed by atoms with E-state index in [1.54, 1.807) is 13.2 Å². The molecule has 1 rings (SSSR count). The highest BCUT2D eigenvalue weighted by atomic mass is 19.1. The van der Waals surface area contributed by atoms with Crippen molar-refractivity contribution in [3.63, 3.8) is 0 Å². The molecule has 0 heterocycles. The number of anilines is 1. The predicted molar refractivity (Wildman–Crippen MR) is 73.5 cm³/mol. The minimum absolute atomic E-state index is 0.189. The molecule has 18 heavy (non-hydrogen) atoms. The average Bonchev–Trinajstić information content (AvgIpc) is 2.32. The van der Waals surface area contributed by atoms with Crippen LogP contribution < -0.4 is 10.6 Å². The van der Waals surface area contributed by atoms with Crippen LogP contribution in [0, 0.1) is 5.82 Å². The molecule has 4 heteroatoms. The van der Waals surface area contributed by atoms with E-state index >= 15 is 0 Å². The van der Waals surface area contributed by atoms with Crippen molar-refractivity contribution < 1.29 is 9.13 Å². The fraction of sp³-hybridized carbons (Fsp3) is 0.571. The molecule has 0 bridgehead atoms. The monoisotopic (exact) mass is 254 g/mol. The Labute approximate surface area is 109 Å². The molecule has 0 aliphatic rings. The summed E-state index contributed by atoms with van der Waals surface area (Å²) in [5.41, 5.74) is 7.21. The van der Waals surface area contributed by atoms with Gasteiger partial charge in [-0.15, -0.1) is 0 Å². The van der Waals surface area contributed by atoms with Crippen LogP contribution in [0.3, 0.4) is 0 Å². The van der Waals surface area contributed by atoms with Crippen molar-refractivity contribution >= 4 is 5.69 Å². The predicted octanol–water partition coefficient (Wildman–Crippen LogP) is 2.19. The summed E-state index contributed by atoms with van der Waals surface area (Å²) >= 11 is 0. The number of hydrogen-bond acceptors (Lipinski definition) is 3. The lowest BCUT2D eigenvalue weighted by molar-refractivity contribution is 0.203. The van der Waals surface area contributed by atoms with Crippen molar-refractivity contribution in [3.05, 3.63) is 29.6 Å². The van der Waals surface area contributed by atoms with Gasteiger partial charge in [0.1, 0.15) is 5.82 Å². The van der Waals surface area contributed by atoms with Crippen molar-refractivity contribution in [3.8, 4) is 0 Å². The molecule has 0 aliphatic carbocycles. The molecule has 1 aromatic rings. The summed E-state index contributed by atoms with van der Waals surface area (Å²) in [6.07, 6.45) is 0.684. The molecule has 3 nitrogen and oxygen atoms in total. The van der Waals surface area contributed by atoms with Gasteiger partial charge in [-0.05, 0) is 38.4 Å². The Hall–Kier alpha value is -1.13. The molecule has 0 amide bonds. The van der Waals surface area contributed by atoms with Crippen LogP contribution >= 0.6 is 0 Å². The molecule has 0 aromatic heterocycles. The first-order valence-corrected chi connectivity index (χ1v) is 6.34. The normalized spacial score (nSPS) is 11.0. The summed E-state index contributed by atoms with van der Waals surface area (Å²) in [7, 11) is 1.65. The van der Waals surface area contributed by atoms with Gasteiger partial charge >= 0.3 is 0 Å². The Kier molecular flexibility index (Phi) is 6.09. The topological polar surface area (TPSA) is 38.5 Å². The number of nitrogens with zero attached hydrogens (tertiary/aromatic N) is 1. The largest absolute Gasteiger partial charge is 0.383 e. The molecule has 0 fully saturated rings. The SMILES string of the molecule is COCCN(c1c(F)cccc1CCN)C(C)C. The lowest BCUT2D eigenvalue weighted by atomic mass is 10.1. The fourth-order valence-electron chi connectivity index (χ4n) is 2.06. The van der Waals surface area contributed by atoms with Crippen molar-refractivity contribution in [2.45, 2.75) is 26.3 Å². The van der Waals surface area contributed by atoms with E-state index in [-0.39, 0.29) is 11.9 Å². The Morgan fingerprint density at radius 2 is 2.11 bits per heavy atom. The number of halogens is 1. The van der Waals surface area contributed by atoms with Gasteiger partial charge in [0, 0.05) is 19.7 Å². The van der Waals surface area contributed by atoms with Crippen LogP contribution in [-0.4, -0.2) is 32.8 Å². The third-order valence-electron chi connectivity index (χ3n) is 2.93. The quantitative estimate of drug-likeness (QED) is 0.810. The van der Waals surface area contributed by atoms with E-state index in [9.17, 15) is 4.39 Å². The van der Waals surface area contributed by atoms with Gasteiger partial charge in [-0.25, -0.2) is 4.39 Å². The van der Waals surface area contributed by atoms with Gasteiger partial charge in [-0.1, -0.05) is 12.1 Å². The Morgan fingerprint density at radius 1 is 1.39 bits per heavy atom. The number of rotatable bonds is 7. The fourth-order valence-corrected chi connectivity index (χ4v) is 2.06. The third-order valence-corrected chi connectivity index (χ3v) is 2.93. The van der Waals surface area contributed by atoms with Crippen LogP contribution in [0.1, 0.15) is 19.4 Å². The first-order chi connectivity index (χ1) is 8.61. The van der Waals surface area contributed by atoms with Gasteiger partial charge in [0.2, 0.25) is 0 Å². The highest BCUT2D eigenvalue weighted by Gasteiger charge is 2.18. The molecule has 0 saturated heterocycles. The second-order valence-corrected chi connectivity index (χ2v) is 4.57. The molecule has 0 atom stereocenters. The van der Waals surface area contributed by atoms with Gasteiger partial charge < -0.3 is 15.4 Å². The van der Waals surface area contributed by atoms with Gasteiger partial charge in [0.15, 0.2) is 0 Å². The minimum Gasteiger partial charge on any atom is -0.383 e. The molecular weight excluding hydrogens is 231 g/mol. The molecule has 0 aliphatic heterocycles. The highest BCUT2D eigenvalue weighted by molar-refractivity contribution is 5.55. The van der Waals surface area contributed by atoms with Crippen molar-refractivity contribution in [1.29, 1.82) is 0 Å². The highest BCUT2D eigenvalue weighted by Crippen LogP contribution is 2.26. The Balaban J connectivity index is 3.08. The number of nitrogens with two attached hydrogens (primary N) is 1. The summed E-state index contributed by atoms with van der Waals surface area (Å²) in [4.78, 5) is 2.03. The Morgan fingerprint density at radius 3 is 2.67 bits per heavy atom. The second kappa shape index (κ2) is 7.34. The van der Waals surface area contributed by atoms with E-state index in [0.29, 0.717) is 31.8 Å². The van der Waals surface area contributed by atoms with E-state index in [2.05, 4.69) is 0 Å². The van der Waals surface area contributed by atoms with Crippen molar-refractivity contribution in [1.82, 2.24) is 0 Å². The molecular formula is C14H23FN2O. The van der Waals surface area contributed by atoms with Crippen LogP contribution in [-0.2, 0) is 11.2 Å². The van der Waals surface area contributed by atoms with Crippen LogP contribution in [0.25, 0.3) is 0 Å². The zero-order valence-corrected chi connectivity index (χ0v) is 11.4. The summed E-state index contributed by atoms with van der Waals surface area (Å²) in [5.74, 6) is -0.189. The molecule has 2 N–H and O–H groups in total. The number of hydrogen-bond donors (Lipinski definition) is 1. The van der Waals surface area contributed by atoms with Crippen LogP contribution in [0.4, 0.5) is 10.1 Å². The first kappa shape index (κ1) is 14.9. The molecule has 0 unspecified atom stereocenters. The van der Waals surface area contributed by atoms with E-state index in [0.717, 1.165) is 5.56 Å². The maximum Gasteiger partial charge on any atom is 0.146 e. The molecule has 0 saturated carbocycles. The standard InChI is InChI=1S/C14H23FN2O/c1-11(2)17(9-10-18-3)14-12(7-8-16)5-4-6-13(14)15/h4-6,11H,7-10,16H2,1-3H3. The lowest BCUT2D eigenvalue weighted by Gasteiger charge is -2.31. The maximum absolute atomic E-state index is 14.1. The van der Waals surface area contributed by atoms with Crippen molar-refractivity contribution in [2.75, 3.05) is 31.7 Å². The van der Waals surface area contributed by atoms with Gasteiger partial charge in [0.25, 0.3) is 0 Å². The second-order valence-electron chi connectivity index (χ2n) is 4.57. The van der Waals surface area contributed by atoms with E-state index in [4.69, 9.17) is 10.5 Å². The molecule has 1 aromatic carbocycles. The molecule has 102 valence electrons. The zero-order valence-electron chi connectivity index (χ0n) is 11.4.